The Morgan fingerprint density at radius 2 is 2.18 bits per heavy atom. The molecule has 0 radical (unpaired) electrons. The van der Waals surface area contributed by atoms with Crippen molar-refractivity contribution in [2.75, 3.05) is 26.7 Å². The molecule has 1 N–H and O–H groups in total. The molecule has 0 bridgehead atoms. The second-order valence-electron chi connectivity index (χ2n) is 4.09. The first-order chi connectivity index (χ1) is 7.38. The molecule has 1 aliphatic heterocycles. The summed E-state index contributed by atoms with van der Waals surface area (Å²) in [5.74, 6) is 0. The average Bonchev–Trinajstić information content (AvgIpc) is 2.79. The van der Waals surface area contributed by atoms with Gasteiger partial charge in [0.25, 0.3) is 0 Å². The van der Waals surface area contributed by atoms with Crippen molar-refractivity contribution in [3.8, 4) is 0 Å². The second-order valence-corrected chi connectivity index (χ2v) is 4.09. The number of likely N-dealkylation sites (N-methyl/N-ethyl adjacent to an activating group) is 1. The molecule has 5 nitrogen and oxygen atoms in total. The standard InChI is InChI=1S/C10H19N5.2ClH/c1-11-10-3-2-4-14(7-10)5-6-15-9-12-8-13-15;;/h8-11H,2-7H2,1H3;2*1H. The Morgan fingerprint density at radius 3 is 2.82 bits per heavy atom. The van der Waals surface area contributed by atoms with E-state index >= 15 is 0 Å². The van der Waals surface area contributed by atoms with E-state index in [9.17, 15) is 0 Å². The molecule has 1 saturated heterocycles. The van der Waals surface area contributed by atoms with Gasteiger partial charge in [0.2, 0.25) is 0 Å². The van der Waals surface area contributed by atoms with Gasteiger partial charge in [-0.3, -0.25) is 9.58 Å². The van der Waals surface area contributed by atoms with E-state index in [2.05, 4.69) is 20.3 Å². The Labute approximate surface area is 115 Å². The van der Waals surface area contributed by atoms with Gasteiger partial charge in [-0.05, 0) is 26.4 Å². The summed E-state index contributed by atoms with van der Waals surface area (Å²) in [7, 11) is 2.05. The molecule has 0 spiro atoms. The van der Waals surface area contributed by atoms with Crippen LogP contribution in [0.25, 0.3) is 0 Å². The first kappa shape index (κ1) is 16.6. The van der Waals surface area contributed by atoms with E-state index in [4.69, 9.17) is 0 Å². The molecule has 1 aromatic heterocycles. The van der Waals surface area contributed by atoms with Crippen molar-refractivity contribution in [1.29, 1.82) is 0 Å². The number of rotatable bonds is 4. The van der Waals surface area contributed by atoms with Crippen molar-refractivity contribution in [3.63, 3.8) is 0 Å². The maximum Gasteiger partial charge on any atom is 0.137 e. The molecule has 17 heavy (non-hydrogen) atoms. The molecule has 1 aliphatic rings. The van der Waals surface area contributed by atoms with Crippen LogP contribution in [0.3, 0.4) is 0 Å². The van der Waals surface area contributed by atoms with Crippen LogP contribution in [0.15, 0.2) is 12.7 Å². The van der Waals surface area contributed by atoms with Gasteiger partial charge in [-0.15, -0.1) is 24.8 Å². The van der Waals surface area contributed by atoms with Crippen LogP contribution in [0.4, 0.5) is 0 Å². The first-order valence-corrected chi connectivity index (χ1v) is 5.60. The molecular formula is C10H21Cl2N5. The number of hydrogen-bond donors (Lipinski definition) is 1. The molecule has 1 fully saturated rings. The fourth-order valence-electron chi connectivity index (χ4n) is 2.09. The monoisotopic (exact) mass is 281 g/mol. The number of halogens is 2. The van der Waals surface area contributed by atoms with E-state index in [1.807, 2.05) is 11.7 Å². The molecule has 1 unspecified atom stereocenters. The maximum absolute atomic E-state index is 4.10. The van der Waals surface area contributed by atoms with Crippen LogP contribution in [0, 0.1) is 0 Å². The topological polar surface area (TPSA) is 46.0 Å². The number of likely N-dealkylation sites (tertiary alicyclic amines) is 1. The lowest BCUT2D eigenvalue weighted by atomic mass is 10.1. The summed E-state index contributed by atoms with van der Waals surface area (Å²) < 4.78 is 1.89. The van der Waals surface area contributed by atoms with Gasteiger partial charge in [0.05, 0.1) is 6.54 Å². The molecular weight excluding hydrogens is 261 g/mol. The van der Waals surface area contributed by atoms with E-state index in [-0.39, 0.29) is 24.8 Å². The predicted molar refractivity (Wildman–Crippen MR) is 73.0 cm³/mol. The van der Waals surface area contributed by atoms with Gasteiger partial charge in [-0.1, -0.05) is 0 Å². The Kier molecular flexibility index (Phi) is 8.51. The van der Waals surface area contributed by atoms with Gasteiger partial charge in [0.15, 0.2) is 0 Å². The summed E-state index contributed by atoms with van der Waals surface area (Å²) in [4.78, 5) is 6.43. The van der Waals surface area contributed by atoms with Gasteiger partial charge in [-0.2, -0.15) is 5.10 Å². The van der Waals surface area contributed by atoms with E-state index in [1.165, 1.54) is 19.4 Å². The van der Waals surface area contributed by atoms with E-state index in [0.29, 0.717) is 6.04 Å². The van der Waals surface area contributed by atoms with Crippen LogP contribution < -0.4 is 5.32 Å². The highest BCUT2D eigenvalue weighted by molar-refractivity contribution is 5.85. The molecule has 2 rings (SSSR count). The lowest BCUT2D eigenvalue weighted by Crippen LogP contribution is -2.45. The summed E-state index contributed by atoms with van der Waals surface area (Å²) in [5, 5.41) is 7.45. The van der Waals surface area contributed by atoms with Crippen LogP contribution >= 0.6 is 24.8 Å². The van der Waals surface area contributed by atoms with Crippen molar-refractivity contribution in [2.24, 2.45) is 0 Å². The van der Waals surface area contributed by atoms with Crippen LogP contribution in [-0.4, -0.2) is 52.4 Å². The van der Waals surface area contributed by atoms with Crippen molar-refractivity contribution in [2.45, 2.75) is 25.4 Å². The van der Waals surface area contributed by atoms with Crippen LogP contribution in [-0.2, 0) is 6.54 Å². The minimum atomic E-state index is 0. The van der Waals surface area contributed by atoms with Crippen molar-refractivity contribution >= 4 is 24.8 Å². The van der Waals surface area contributed by atoms with Gasteiger partial charge >= 0.3 is 0 Å². The summed E-state index contributed by atoms with van der Waals surface area (Å²) in [6.07, 6.45) is 5.96. The first-order valence-electron chi connectivity index (χ1n) is 5.60. The highest BCUT2D eigenvalue weighted by Crippen LogP contribution is 2.09. The molecule has 0 aliphatic carbocycles. The number of nitrogens with zero attached hydrogens (tertiary/aromatic N) is 4. The Hall–Kier alpha value is -0.360. The molecule has 0 saturated carbocycles. The Morgan fingerprint density at radius 1 is 1.35 bits per heavy atom. The zero-order chi connectivity index (χ0) is 10.5. The lowest BCUT2D eigenvalue weighted by molar-refractivity contribution is 0.187. The van der Waals surface area contributed by atoms with Crippen LogP contribution in [0.5, 0.6) is 0 Å². The molecule has 0 aromatic carbocycles. The van der Waals surface area contributed by atoms with E-state index in [1.54, 1.807) is 12.7 Å². The maximum atomic E-state index is 4.10. The third-order valence-electron chi connectivity index (χ3n) is 3.03. The minimum Gasteiger partial charge on any atom is -0.316 e. The van der Waals surface area contributed by atoms with Crippen molar-refractivity contribution < 1.29 is 0 Å². The fourth-order valence-corrected chi connectivity index (χ4v) is 2.09. The van der Waals surface area contributed by atoms with Gasteiger partial charge < -0.3 is 5.32 Å². The fraction of sp³-hybridized carbons (Fsp3) is 0.800. The normalized spacial score (nSPS) is 20.4. The van der Waals surface area contributed by atoms with Crippen molar-refractivity contribution in [1.82, 2.24) is 25.0 Å². The zero-order valence-electron chi connectivity index (χ0n) is 10.1. The summed E-state index contributed by atoms with van der Waals surface area (Å²) in [6.45, 7) is 4.38. The minimum absolute atomic E-state index is 0. The van der Waals surface area contributed by atoms with Crippen LogP contribution in [0.1, 0.15) is 12.8 Å². The number of nitrogens with one attached hydrogen (secondary N) is 1. The quantitative estimate of drug-likeness (QED) is 0.887. The summed E-state index contributed by atoms with van der Waals surface area (Å²) in [6, 6.07) is 0.662. The SMILES string of the molecule is CNC1CCCN(CCn2cncn2)C1.Cl.Cl. The van der Waals surface area contributed by atoms with Gasteiger partial charge in [0, 0.05) is 19.1 Å². The second kappa shape index (κ2) is 8.69. The van der Waals surface area contributed by atoms with Crippen LogP contribution in [0.2, 0.25) is 0 Å². The molecule has 7 heteroatoms. The zero-order valence-corrected chi connectivity index (χ0v) is 11.7. The number of piperidine rings is 1. The van der Waals surface area contributed by atoms with Gasteiger partial charge in [-0.25, -0.2) is 4.98 Å². The highest BCUT2D eigenvalue weighted by Gasteiger charge is 2.17. The number of hydrogen-bond acceptors (Lipinski definition) is 4. The highest BCUT2D eigenvalue weighted by atomic mass is 35.5. The van der Waals surface area contributed by atoms with Gasteiger partial charge in [0.1, 0.15) is 12.7 Å². The molecule has 0 amide bonds. The lowest BCUT2D eigenvalue weighted by Gasteiger charge is -2.32. The van der Waals surface area contributed by atoms with E-state index in [0.717, 1.165) is 19.6 Å². The molecule has 100 valence electrons. The largest absolute Gasteiger partial charge is 0.316 e. The molecule has 1 aromatic rings. The Bertz CT molecular complexity index is 280. The smallest absolute Gasteiger partial charge is 0.137 e. The third-order valence-corrected chi connectivity index (χ3v) is 3.03. The summed E-state index contributed by atoms with van der Waals surface area (Å²) >= 11 is 0. The predicted octanol–water partition coefficient (Wildman–Crippen LogP) is 0.805. The Balaban J connectivity index is 0.00000128. The van der Waals surface area contributed by atoms with E-state index < -0.39 is 0 Å². The average molecular weight is 282 g/mol. The molecule has 1 atom stereocenters. The number of aromatic nitrogens is 3. The third kappa shape index (κ3) is 5.21. The molecule has 2 heterocycles. The van der Waals surface area contributed by atoms with Crippen molar-refractivity contribution in [3.05, 3.63) is 12.7 Å². The summed E-state index contributed by atoms with van der Waals surface area (Å²) in [5.41, 5.74) is 0.